The summed E-state index contributed by atoms with van der Waals surface area (Å²) in [4.78, 5) is 12.4. The van der Waals surface area contributed by atoms with Gasteiger partial charge in [0.1, 0.15) is 48.8 Å². The van der Waals surface area contributed by atoms with Gasteiger partial charge >= 0.3 is 0 Å². The van der Waals surface area contributed by atoms with Crippen LogP contribution >= 0.6 is 0 Å². The fourth-order valence-corrected chi connectivity index (χ4v) is 6.05. The molecule has 15 atom stereocenters. The zero-order valence-electron chi connectivity index (χ0n) is 28.8. The Labute approximate surface area is 278 Å². The molecular weight excluding hydrogens is 616 g/mol. The van der Waals surface area contributed by atoms with Crippen LogP contribution in [0.5, 0.6) is 0 Å². The van der Waals surface area contributed by atoms with E-state index in [0.29, 0.717) is 17.6 Å². The summed E-state index contributed by atoms with van der Waals surface area (Å²) in [6.45, 7) is 13.6. The van der Waals surface area contributed by atoms with Crippen LogP contribution in [0.25, 0.3) is 0 Å². The lowest BCUT2D eigenvalue weighted by Crippen LogP contribution is -2.60. The highest BCUT2D eigenvalue weighted by Crippen LogP contribution is 2.32. The summed E-state index contributed by atoms with van der Waals surface area (Å²) in [7, 11) is 0. The lowest BCUT2D eigenvalue weighted by atomic mass is 9.89. The Balaban J connectivity index is 2.53. The minimum atomic E-state index is -1.64. The van der Waals surface area contributed by atoms with Crippen molar-refractivity contribution < 1.29 is 64.6 Å². The van der Waals surface area contributed by atoms with Gasteiger partial charge in [0, 0.05) is 18.3 Å². The van der Waals surface area contributed by atoms with Crippen LogP contribution < -0.4 is 0 Å². The topological polar surface area (TPSA) is 216 Å². The van der Waals surface area contributed by atoms with E-state index in [2.05, 4.69) is 0 Å². The van der Waals surface area contributed by atoms with E-state index in [1.165, 1.54) is 0 Å². The number of ketones is 1. The van der Waals surface area contributed by atoms with E-state index >= 15 is 0 Å². The van der Waals surface area contributed by atoms with Crippen LogP contribution in [-0.4, -0.2) is 133 Å². The van der Waals surface area contributed by atoms with Crippen molar-refractivity contribution in [3.8, 4) is 0 Å². The van der Waals surface area contributed by atoms with E-state index in [1.807, 2.05) is 46.8 Å². The van der Waals surface area contributed by atoms with Gasteiger partial charge in [0.05, 0.1) is 25.4 Å². The van der Waals surface area contributed by atoms with E-state index in [-0.39, 0.29) is 11.7 Å². The largest absolute Gasteiger partial charge is 0.394 e. The van der Waals surface area contributed by atoms with E-state index in [4.69, 9.17) is 18.9 Å². The molecule has 0 bridgehead atoms. The second-order valence-corrected chi connectivity index (χ2v) is 13.1. The van der Waals surface area contributed by atoms with Crippen molar-refractivity contribution in [2.45, 2.75) is 142 Å². The Morgan fingerprint density at radius 3 is 1.45 bits per heavy atom. The Bertz CT molecular complexity index is 1070. The van der Waals surface area contributed by atoms with Gasteiger partial charge in [-0.1, -0.05) is 59.3 Å². The Morgan fingerprint density at radius 1 is 0.660 bits per heavy atom. The molecule has 2 aliphatic rings. The van der Waals surface area contributed by atoms with Gasteiger partial charge in [-0.2, -0.15) is 0 Å². The highest BCUT2D eigenvalue weighted by Gasteiger charge is 2.47. The number of Topliss-reactive ketones (excluding diaryl/α,β-unsaturated/α-hetero) is 1. The summed E-state index contributed by atoms with van der Waals surface area (Å²) in [5.74, 6) is -0.766. The number of hydrogen-bond donors (Lipinski definition) is 8. The third-order valence-corrected chi connectivity index (χ3v) is 9.10. The first kappa shape index (κ1) is 41.6. The zero-order chi connectivity index (χ0) is 35.7. The Morgan fingerprint density at radius 2 is 1.06 bits per heavy atom. The van der Waals surface area contributed by atoms with Gasteiger partial charge in [0.2, 0.25) is 0 Å². The number of aliphatic hydroxyl groups excluding tert-OH is 8. The average Bonchev–Trinajstić information content (AvgIpc) is 3.04. The highest BCUT2D eigenvalue weighted by atomic mass is 16.7. The summed E-state index contributed by atoms with van der Waals surface area (Å²) in [5.41, 5.74) is 1.95. The number of rotatable bonds is 16. The number of carbonyl (C=O) groups excluding carboxylic acids is 1. The van der Waals surface area contributed by atoms with Crippen LogP contribution in [0.15, 0.2) is 34.9 Å². The van der Waals surface area contributed by atoms with Crippen LogP contribution in [0.3, 0.4) is 0 Å². The molecule has 2 rings (SSSR count). The molecule has 0 aromatic rings. The predicted octanol–water partition coefficient (Wildman–Crippen LogP) is 0.493. The monoisotopic (exact) mass is 674 g/mol. The molecule has 0 aromatic carbocycles. The maximum absolute atomic E-state index is 12.4. The normalized spacial score (nSPS) is 36.0. The summed E-state index contributed by atoms with van der Waals surface area (Å²) in [6, 6.07) is 0. The van der Waals surface area contributed by atoms with Crippen molar-refractivity contribution in [2.75, 3.05) is 13.2 Å². The van der Waals surface area contributed by atoms with Crippen molar-refractivity contribution in [3.05, 3.63) is 34.9 Å². The molecule has 2 aliphatic heterocycles. The summed E-state index contributed by atoms with van der Waals surface area (Å²) >= 11 is 0. The maximum Gasteiger partial charge on any atom is 0.187 e. The first-order valence-corrected chi connectivity index (χ1v) is 16.5. The fourth-order valence-electron chi connectivity index (χ4n) is 6.05. The van der Waals surface area contributed by atoms with Crippen molar-refractivity contribution >= 4 is 5.78 Å². The molecule has 0 spiro atoms. The van der Waals surface area contributed by atoms with E-state index in [1.54, 1.807) is 26.8 Å². The van der Waals surface area contributed by atoms with Crippen molar-refractivity contribution in [3.63, 3.8) is 0 Å². The van der Waals surface area contributed by atoms with Crippen LogP contribution in [-0.2, 0) is 23.7 Å². The van der Waals surface area contributed by atoms with Gasteiger partial charge in [-0.25, -0.2) is 0 Å². The van der Waals surface area contributed by atoms with Crippen molar-refractivity contribution in [2.24, 2.45) is 17.8 Å². The molecule has 8 N–H and O–H groups in total. The fraction of sp³-hybridized carbons (Fsp3) is 0.794. The molecule has 13 nitrogen and oxygen atoms in total. The molecule has 0 aliphatic carbocycles. The van der Waals surface area contributed by atoms with Gasteiger partial charge in [0.15, 0.2) is 18.4 Å². The summed E-state index contributed by atoms with van der Waals surface area (Å²) < 4.78 is 23.8. The second kappa shape index (κ2) is 19.0. The van der Waals surface area contributed by atoms with Crippen LogP contribution in [0, 0.1) is 17.8 Å². The van der Waals surface area contributed by atoms with Crippen LogP contribution in [0.4, 0.5) is 0 Å². The number of ether oxygens (including phenoxy) is 4. The molecule has 2 fully saturated rings. The lowest BCUT2D eigenvalue weighted by Gasteiger charge is -2.42. The third-order valence-electron chi connectivity index (χ3n) is 9.10. The number of allylic oxidation sites excluding steroid dienone is 2. The van der Waals surface area contributed by atoms with Gasteiger partial charge < -0.3 is 59.8 Å². The molecule has 0 radical (unpaired) electrons. The standard InChI is InChI=1S/C34H58O13/c1-9-16(3)11-18(5)31(46-33-29(42)27(40)25(38)23(14-35)44-33)20(7)13-21(8)32(19(6)12-17(4)22(37)10-2)47-34-30(43)28(41)26(39)24(15-36)45-34/h11-13,16,19-20,23-36,38-43H,9-10,14-15H2,1-8H3/b17-12+,18-11+,21-13+/t16?,19?,20?,23-,24-,25-,26-,27+,28+,29+,30+,31?,32?,33-,34-/m1/s1. The number of aliphatic hydroxyl groups is 8. The highest BCUT2D eigenvalue weighted by molar-refractivity contribution is 5.94. The lowest BCUT2D eigenvalue weighted by molar-refractivity contribution is -0.311. The second-order valence-electron chi connectivity index (χ2n) is 13.1. The molecule has 2 heterocycles. The number of carbonyl (C=O) groups is 1. The van der Waals surface area contributed by atoms with Gasteiger partial charge in [-0.15, -0.1) is 0 Å². The van der Waals surface area contributed by atoms with Crippen LogP contribution in [0.1, 0.15) is 68.2 Å². The predicted molar refractivity (Wildman–Crippen MR) is 172 cm³/mol. The first-order valence-electron chi connectivity index (χ1n) is 16.5. The molecule has 47 heavy (non-hydrogen) atoms. The molecule has 0 saturated carbocycles. The van der Waals surface area contributed by atoms with Gasteiger partial charge in [-0.05, 0) is 43.4 Å². The summed E-state index contributed by atoms with van der Waals surface area (Å²) in [6.07, 6.45) is -9.50. The molecule has 5 unspecified atom stereocenters. The zero-order valence-corrected chi connectivity index (χ0v) is 28.8. The first-order chi connectivity index (χ1) is 22.0. The molecule has 272 valence electrons. The Hall–Kier alpha value is -1.59. The average molecular weight is 675 g/mol. The minimum Gasteiger partial charge on any atom is -0.394 e. The smallest absolute Gasteiger partial charge is 0.187 e. The third kappa shape index (κ3) is 10.7. The molecule has 0 aromatic heterocycles. The SMILES string of the molecule is CCC(=O)/C(C)=C/C(C)C(O[C@H]1O[C@H](CO)[C@@H](O)[C@H](O)[C@@H]1O)/C(C)=C/C(C)C(O[C@H]1O[C@H](CO)[C@@H](O)[C@H](O)[C@@H]1O)/C(C)=C/C(C)CC. The maximum atomic E-state index is 12.4. The molecule has 0 amide bonds. The van der Waals surface area contributed by atoms with E-state index in [0.717, 1.165) is 12.0 Å². The van der Waals surface area contributed by atoms with Gasteiger partial charge in [-0.3, -0.25) is 4.79 Å². The van der Waals surface area contributed by atoms with Crippen LogP contribution in [0.2, 0.25) is 0 Å². The quantitative estimate of drug-likeness (QED) is 0.0828. The molecular formula is C34H58O13. The van der Waals surface area contributed by atoms with Gasteiger partial charge in [0.25, 0.3) is 0 Å². The summed E-state index contributed by atoms with van der Waals surface area (Å²) in [5, 5.41) is 82.1. The minimum absolute atomic E-state index is 0.0581. The van der Waals surface area contributed by atoms with E-state index < -0.39 is 98.7 Å². The number of hydrogen-bond acceptors (Lipinski definition) is 13. The van der Waals surface area contributed by atoms with Crippen molar-refractivity contribution in [1.82, 2.24) is 0 Å². The molecule has 2 saturated heterocycles. The van der Waals surface area contributed by atoms with Crippen molar-refractivity contribution in [1.29, 1.82) is 0 Å². The van der Waals surface area contributed by atoms with E-state index in [9.17, 15) is 45.6 Å². The Kier molecular flexibility index (Phi) is 16.8. The molecule has 13 heteroatoms.